The minimum absolute atomic E-state index is 0.269. The standard InChI is InChI=1S/C15H20O12/c16-2-6-5(1-9(18)19)7(13(23)24)4-25-14(6)27-15-12(22)11(21)10(20)8(3-17)26-15/h2,4-5,8,10-12,14-17,20-22H,1,3H2,(H,18,19)(H,23,24)/b6-2+/t5-,8-,10-,11+,12-,14+,15+/m0/s1. The second-order valence-electron chi connectivity index (χ2n) is 5.96. The predicted octanol–water partition coefficient (Wildman–Crippen LogP) is -2.34. The lowest BCUT2D eigenvalue weighted by molar-refractivity contribution is -0.328. The molecular weight excluding hydrogens is 372 g/mol. The molecule has 2 rings (SSSR count). The van der Waals surface area contributed by atoms with Crippen LogP contribution in [-0.2, 0) is 23.8 Å². The first-order valence-electron chi connectivity index (χ1n) is 7.82. The van der Waals surface area contributed by atoms with Crippen LogP contribution in [-0.4, -0.2) is 91.3 Å². The molecule has 0 amide bonds. The van der Waals surface area contributed by atoms with E-state index in [1.165, 1.54) is 0 Å². The first-order chi connectivity index (χ1) is 12.7. The van der Waals surface area contributed by atoms with Crippen molar-refractivity contribution in [3.63, 3.8) is 0 Å². The maximum Gasteiger partial charge on any atom is 0.335 e. The lowest BCUT2D eigenvalue weighted by Crippen LogP contribution is -2.60. The topological polar surface area (TPSA) is 203 Å². The van der Waals surface area contributed by atoms with Crippen molar-refractivity contribution in [2.75, 3.05) is 6.61 Å². The molecule has 2 heterocycles. The summed E-state index contributed by atoms with van der Waals surface area (Å²) < 4.78 is 15.5. The molecule has 12 heteroatoms. The Hall–Kier alpha value is -2.22. The Kier molecular flexibility index (Phi) is 6.75. The van der Waals surface area contributed by atoms with Crippen molar-refractivity contribution in [3.05, 3.63) is 23.7 Å². The van der Waals surface area contributed by atoms with Crippen molar-refractivity contribution in [2.24, 2.45) is 5.92 Å². The smallest absolute Gasteiger partial charge is 0.335 e. The van der Waals surface area contributed by atoms with Crippen LogP contribution < -0.4 is 0 Å². The number of aliphatic hydroxyl groups is 5. The van der Waals surface area contributed by atoms with E-state index in [4.69, 9.17) is 24.4 Å². The molecule has 152 valence electrons. The molecule has 12 nitrogen and oxygen atoms in total. The van der Waals surface area contributed by atoms with Crippen molar-refractivity contribution in [3.8, 4) is 0 Å². The number of hydrogen-bond acceptors (Lipinski definition) is 10. The lowest BCUT2D eigenvalue weighted by Gasteiger charge is -2.41. The second-order valence-corrected chi connectivity index (χ2v) is 5.96. The quantitative estimate of drug-likeness (QED) is 0.238. The molecule has 0 aliphatic carbocycles. The molecule has 0 aromatic heterocycles. The number of rotatable bonds is 6. The summed E-state index contributed by atoms with van der Waals surface area (Å²) in [7, 11) is 0. The Morgan fingerprint density at radius 2 is 1.81 bits per heavy atom. The van der Waals surface area contributed by atoms with Crippen LogP contribution >= 0.6 is 0 Å². The Morgan fingerprint density at radius 3 is 2.33 bits per heavy atom. The maximum absolute atomic E-state index is 11.3. The van der Waals surface area contributed by atoms with Gasteiger partial charge in [-0.3, -0.25) is 4.79 Å². The molecular formula is C15H20O12. The van der Waals surface area contributed by atoms with E-state index >= 15 is 0 Å². The van der Waals surface area contributed by atoms with Crippen LogP contribution in [0.1, 0.15) is 6.42 Å². The van der Waals surface area contributed by atoms with E-state index in [1.54, 1.807) is 0 Å². The molecule has 0 unspecified atom stereocenters. The first-order valence-corrected chi connectivity index (χ1v) is 7.82. The summed E-state index contributed by atoms with van der Waals surface area (Å²) in [6.07, 6.45) is -9.09. The lowest BCUT2D eigenvalue weighted by atomic mass is 9.87. The fourth-order valence-electron chi connectivity index (χ4n) is 2.80. The van der Waals surface area contributed by atoms with Gasteiger partial charge in [-0.25, -0.2) is 4.79 Å². The van der Waals surface area contributed by atoms with Crippen LogP contribution in [0.25, 0.3) is 0 Å². The van der Waals surface area contributed by atoms with Gasteiger partial charge in [0.05, 0.1) is 31.1 Å². The van der Waals surface area contributed by atoms with Gasteiger partial charge >= 0.3 is 11.9 Å². The van der Waals surface area contributed by atoms with Crippen LogP contribution in [0.2, 0.25) is 0 Å². The van der Waals surface area contributed by atoms with Gasteiger partial charge in [-0.1, -0.05) is 0 Å². The molecule has 7 atom stereocenters. The molecule has 0 aromatic carbocycles. The minimum atomic E-state index is -1.77. The first kappa shape index (κ1) is 21.1. The Morgan fingerprint density at radius 1 is 1.15 bits per heavy atom. The summed E-state index contributed by atoms with van der Waals surface area (Å²) in [6, 6.07) is 0. The fourth-order valence-corrected chi connectivity index (χ4v) is 2.80. The summed E-state index contributed by atoms with van der Waals surface area (Å²) in [5.74, 6) is -4.11. The molecule has 2 aliphatic rings. The van der Waals surface area contributed by atoms with Gasteiger partial charge in [0.2, 0.25) is 6.29 Å². The van der Waals surface area contributed by atoms with Gasteiger partial charge in [0.1, 0.15) is 24.4 Å². The number of carboxylic acid groups (broad SMARTS) is 2. The highest BCUT2D eigenvalue weighted by Crippen LogP contribution is 2.35. The fraction of sp³-hybridized carbons (Fsp3) is 0.600. The highest BCUT2D eigenvalue weighted by molar-refractivity contribution is 5.89. The monoisotopic (exact) mass is 392 g/mol. The average Bonchev–Trinajstić information content (AvgIpc) is 2.61. The summed E-state index contributed by atoms with van der Waals surface area (Å²) in [5.41, 5.74) is -0.708. The van der Waals surface area contributed by atoms with E-state index in [9.17, 15) is 35.1 Å². The number of ether oxygens (including phenoxy) is 3. The minimum Gasteiger partial charge on any atom is -0.515 e. The van der Waals surface area contributed by atoms with Gasteiger partial charge in [-0.05, 0) is 0 Å². The van der Waals surface area contributed by atoms with Crippen molar-refractivity contribution < 1.29 is 59.5 Å². The molecule has 1 saturated heterocycles. The molecule has 0 saturated carbocycles. The van der Waals surface area contributed by atoms with E-state index < -0.39 is 73.5 Å². The molecule has 0 radical (unpaired) electrons. The van der Waals surface area contributed by atoms with E-state index in [0.717, 1.165) is 6.26 Å². The zero-order valence-corrected chi connectivity index (χ0v) is 13.8. The molecule has 27 heavy (non-hydrogen) atoms. The predicted molar refractivity (Wildman–Crippen MR) is 81.9 cm³/mol. The largest absolute Gasteiger partial charge is 0.515 e. The molecule has 1 fully saturated rings. The maximum atomic E-state index is 11.3. The van der Waals surface area contributed by atoms with E-state index in [0.29, 0.717) is 6.26 Å². The second kappa shape index (κ2) is 8.65. The van der Waals surface area contributed by atoms with Gasteiger partial charge in [0, 0.05) is 11.5 Å². The summed E-state index contributed by atoms with van der Waals surface area (Å²) >= 11 is 0. The summed E-state index contributed by atoms with van der Waals surface area (Å²) in [5, 5.41) is 66.3. The zero-order valence-electron chi connectivity index (χ0n) is 13.8. The van der Waals surface area contributed by atoms with Gasteiger partial charge < -0.3 is 50.0 Å². The third kappa shape index (κ3) is 4.37. The van der Waals surface area contributed by atoms with Gasteiger partial charge in [0.15, 0.2) is 6.29 Å². The van der Waals surface area contributed by atoms with E-state index in [2.05, 4.69) is 0 Å². The van der Waals surface area contributed by atoms with Gasteiger partial charge in [-0.15, -0.1) is 0 Å². The number of carbonyl (C=O) groups is 2. The Balaban J connectivity index is 2.25. The molecule has 0 spiro atoms. The van der Waals surface area contributed by atoms with Gasteiger partial charge in [0.25, 0.3) is 0 Å². The van der Waals surface area contributed by atoms with Crippen molar-refractivity contribution >= 4 is 11.9 Å². The highest BCUT2D eigenvalue weighted by atomic mass is 16.8. The number of aliphatic carboxylic acids is 2. The van der Waals surface area contributed by atoms with Crippen LogP contribution in [0, 0.1) is 5.92 Å². The summed E-state index contributed by atoms with van der Waals surface area (Å²) in [4.78, 5) is 22.3. The van der Waals surface area contributed by atoms with E-state index in [1.807, 2.05) is 0 Å². The van der Waals surface area contributed by atoms with Crippen LogP contribution in [0.5, 0.6) is 0 Å². The van der Waals surface area contributed by atoms with Crippen LogP contribution in [0.4, 0.5) is 0 Å². The average molecular weight is 392 g/mol. The van der Waals surface area contributed by atoms with Crippen molar-refractivity contribution in [1.29, 1.82) is 0 Å². The van der Waals surface area contributed by atoms with E-state index in [-0.39, 0.29) is 5.57 Å². The Labute approximate surface area is 152 Å². The SMILES string of the molecule is O=C(O)C[C@@H]1C(C(=O)O)=CO[C@H](O[C@H]2O[C@@H](CO)[C@H](O)[C@@H](O)[C@@H]2O)/C1=C/O. The highest BCUT2D eigenvalue weighted by Gasteiger charge is 2.46. The molecule has 0 bridgehead atoms. The van der Waals surface area contributed by atoms with Crippen molar-refractivity contribution in [2.45, 2.75) is 43.4 Å². The molecule has 7 N–H and O–H groups in total. The normalized spacial score (nSPS) is 38.1. The zero-order chi connectivity index (χ0) is 20.3. The number of aliphatic hydroxyl groups excluding tert-OH is 5. The number of hydrogen-bond donors (Lipinski definition) is 7. The van der Waals surface area contributed by atoms with Gasteiger partial charge in [-0.2, -0.15) is 0 Å². The molecule has 0 aromatic rings. The third-order valence-electron chi connectivity index (χ3n) is 4.25. The Bertz CT molecular complexity index is 626. The number of carboxylic acids is 2. The third-order valence-corrected chi connectivity index (χ3v) is 4.25. The van der Waals surface area contributed by atoms with Crippen LogP contribution in [0.3, 0.4) is 0 Å². The van der Waals surface area contributed by atoms with Crippen molar-refractivity contribution in [1.82, 2.24) is 0 Å². The molecule has 2 aliphatic heterocycles. The van der Waals surface area contributed by atoms with Crippen LogP contribution in [0.15, 0.2) is 23.7 Å². The summed E-state index contributed by atoms with van der Waals surface area (Å²) in [6.45, 7) is -0.705.